The molecule has 1 aromatic rings. The topological polar surface area (TPSA) is 93.5 Å². The van der Waals surface area contributed by atoms with Crippen LogP contribution in [0.1, 0.15) is 16.8 Å². The van der Waals surface area contributed by atoms with Gasteiger partial charge in [-0.25, -0.2) is 0 Å². The number of halogens is 1. The highest BCUT2D eigenvalue weighted by Gasteiger charge is 2.11. The van der Waals surface area contributed by atoms with Crippen LogP contribution in [0, 0.1) is 0 Å². The van der Waals surface area contributed by atoms with E-state index in [0.29, 0.717) is 17.8 Å². The van der Waals surface area contributed by atoms with Gasteiger partial charge in [-0.3, -0.25) is 9.59 Å². The molecular formula is C15H22ClN3O3. The summed E-state index contributed by atoms with van der Waals surface area (Å²) in [4.78, 5) is 23.4. The molecule has 6 nitrogen and oxygen atoms in total. The average Bonchev–Trinajstić information content (AvgIpc) is 2.50. The van der Waals surface area contributed by atoms with E-state index in [9.17, 15) is 9.59 Å². The number of carbonyl (C=O) groups is 2. The van der Waals surface area contributed by atoms with Gasteiger partial charge >= 0.3 is 0 Å². The largest absolute Gasteiger partial charge is 0.380 e. The summed E-state index contributed by atoms with van der Waals surface area (Å²) in [7, 11) is 1.52. The van der Waals surface area contributed by atoms with Crippen LogP contribution in [0.25, 0.3) is 0 Å². The van der Waals surface area contributed by atoms with Crippen molar-refractivity contribution >= 4 is 29.9 Å². The Morgan fingerprint density at radius 1 is 1.36 bits per heavy atom. The fourth-order valence-electron chi connectivity index (χ4n) is 1.65. The van der Waals surface area contributed by atoms with Gasteiger partial charge in [0.05, 0.1) is 12.5 Å². The van der Waals surface area contributed by atoms with Crippen LogP contribution in [0.2, 0.25) is 0 Å². The molecule has 0 spiro atoms. The fraction of sp³-hybridized carbons (Fsp3) is 0.333. The number of hydrogen-bond acceptors (Lipinski definition) is 4. The van der Waals surface area contributed by atoms with Crippen LogP contribution in [0.4, 0.5) is 5.69 Å². The minimum atomic E-state index is -0.297. The van der Waals surface area contributed by atoms with E-state index in [2.05, 4.69) is 17.2 Å². The molecule has 0 aliphatic heterocycles. The number of nitrogens with two attached hydrogens (primary N) is 1. The number of hydrogen-bond donors (Lipinski definition) is 3. The molecule has 0 aliphatic carbocycles. The molecule has 1 atom stereocenters. The second kappa shape index (κ2) is 10.8. The first-order chi connectivity index (χ1) is 10.1. The minimum Gasteiger partial charge on any atom is -0.380 e. The van der Waals surface area contributed by atoms with Gasteiger partial charge in [-0.2, -0.15) is 0 Å². The molecular weight excluding hydrogens is 306 g/mol. The summed E-state index contributed by atoms with van der Waals surface area (Å²) in [6, 6.07) is 6.63. The Morgan fingerprint density at radius 3 is 2.50 bits per heavy atom. The number of ether oxygens (including phenoxy) is 1. The lowest BCUT2D eigenvalue weighted by Crippen LogP contribution is -2.28. The van der Waals surface area contributed by atoms with E-state index in [1.165, 1.54) is 7.11 Å². The van der Waals surface area contributed by atoms with E-state index in [1.807, 2.05) is 0 Å². The number of methoxy groups -OCH3 is 1. The van der Waals surface area contributed by atoms with Crippen molar-refractivity contribution in [1.82, 2.24) is 5.32 Å². The van der Waals surface area contributed by atoms with Gasteiger partial charge in [0, 0.05) is 31.5 Å². The lowest BCUT2D eigenvalue weighted by atomic mass is 10.2. The first-order valence-electron chi connectivity index (χ1n) is 6.62. The number of rotatable bonds is 8. The van der Waals surface area contributed by atoms with Crippen molar-refractivity contribution in [3.8, 4) is 0 Å². The Labute approximate surface area is 136 Å². The first kappa shape index (κ1) is 20.1. The Hall–Kier alpha value is -1.89. The van der Waals surface area contributed by atoms with Crippen molar-refractivity contribution in [3.05, 3.63) is 42.5 Å². The second-order valence-electron chi connectivity index (χ2n) is 4.42. The van der Waals surface area contributed by atoms with Crippen molar-refractivity contribution in [2.24, 2.45) is 5.73 Å². The predicted molar refractivity (Wildman–Crippen MR) is 89.3 cm³/mol. The summed E-state index contributed by atoms with van der Waals surface area (Å²) in [6.07, 6.45) is 1.50. The lowest BCUT2D eigenvalue weighted by Gasteiger charge is -2.12. The zero-order valence-corrected chi connectivity index (χ0v) is 13.3. The van der Waals surface area contributed by atoms with Crippen molar-refractivity contribution in [2.75, 3.05) is 25.5 Å². The molecule has 0 aromatic heterocycles. The molecule has 0 heterocycles. The molecule has 0 radical (unpaired) electrons. The van der Waals surface area contributed by atoms with Gasteiger partial charge in [-0.05, 0) is 24.3 Å². The van der Waals surface area contributed by atoms with Crippen LogP contribution in [0.5, 0.6) is 0 Å². The van der Waals surface area contributed by atoms with Gasteiger partial charge in [-0.15, -0.1) is 19.0 Å². The molecule has 0 saturated carbocycles. The van der Waals surface area contributed by atoms with E-state index >= 15 is 0 Å². The number of amides is 2. The number of anilines is 1. The van der Waals surface area contributed by atoms with Gasteiger partial charge in [0.25, 0.3) is 5.91 Å². The quantitative estimate of drug-likeness (QED) is 0.628. The van der Waals surface area contributed by atoms with Crippen LogP contribution < -0.4 is 16.4 Å². The summed E-state index contributed by atoms with van der Waals surface area (Å²) < 4.78 is 5.05. The lowest BCUT2D eigenvalue weighted by molar-refractivity contribution is -0.118. The molecule has 1 rings (SSSR count). The number of carbonyl (C=O) groups excluding carboxylic acids is 2. The van der Waals surface area contributed by atoms with Crippen LogP contribution in [-0.2, 0) is 9.53 Å². The molecule has 0 fully saturated rings. The van der Waals surface area contributed by atoms with Crippen molar-refractivity contribution < 1.29 is 14.3 Å². The SMILES string of the molecule is C=CCNC(=O)c1ccc(NC(=O)CC(CN)OC)cc1.Cl. The van der Waals surface area contributed by atoms with Gasteiger partial charge in [0.2, 0.25) is 5.91 Å². The Bertz CT molecular complexity index is 487. The summed E-state index contributed by atoms with van der Waals surface area (Å²) in [5, 5.41) is 5.40. The summed E-state index contributed by atoms with van der Waals surface area (Å²) >= 11 is 0. The molecule has 0 saturated heterocycles. The van der Waals surface area contributed by atoms with E-state index in [1.54, 1.807) is 30.3 Å². The van der Waals surface area contributed by atoms with Gasteiger partial charge < -0.3 is 21.1 Å². The molecule has 2 amide bonds. The predicted octanol–water partition coefficient (Wildman–Crippen LogP) is 1.33. The van der Waals surface area contributed by atoms with Crippen LogP contribution in [-0.4, -0.2) is 38.1 Å². The minimum absolute atomic E-state index is 0. The molecule has 4 N–H and O–H groups in total. The third-order valence-electron chi connectivity index (χ3n) is 2.85. The Balaban J connectivity index is 0.00000441. The van der Waals surface area contributed by atoms with E-state index in [0.717, 1.165) is 0 Å². The number of nitrogens with one attached hydrogen (secondary N) is 2. The third-order valence-corrected chi connectivity index (χ3v) is 2.85. The summed E-state index contributed by atoms with van der Waals surface area (Å²) in [5.41, 5.74) is 6.60. The standard InChI is InChI=1S/C15H21N3O3.ClH/c1-3-8-17-15(20)11-4-6-12(7-5-11)18-14(19)9-13(10-16)21-2;/h3-7,13H,1,8-10,16H2,2H3,(H,17,20)(H,18,19);1H. The van der Waals surface area contributed by atoms with Crippen molar-refractivity contribution in [2.45, 2.75) is 12.5 Å². The van der Waals surface area contributed by atoms with Gasteiger partial charge in [0.15, 0.2) is 0 Å². The first-order valence-corrected chi connectivity index (χ1v) is 6.62. The zero-order valence-electron chi connectivity index (χ0n) is 12.5. The molecule has 22 heavy (non-hydrogen) atoms. The van der Waals surface area contributed by atoms with Gasteiger partial charge in [-0.1, -0.05) is 6.08 Å². The number of benzene rings is 1. The van der Waals surface area contributed by atoms with Crippen molar-refractivity contribution in [1.29, 1.82) is 0 Å². The Kier molecular flexibility index (Phi) is 9.86. The third kappa shape index (κ3) is 6.71. The maximum atomic E-state index is 11.8. The van der Waals surface area contributed by atoms with E-state index in [-0.39, 0.29) is 43.3 Å². The zero-order chi connectivity index (χ0) is 15.7. The monoisotopic (exact) mass is 327 g/mol. The maximum absolute atomic E-state index is 11.8. The fourth-order valence-corrected chi connectivity index (χ4v) is 1.65. The van der Waals surface area contributed by atoms with E-state index < -0.39 is 0 Å². The molecule has 1 aromatic carbocycles. The van der Waals surface area contributed by atoms with Crippen LogP contribution in [0.15, 0.2) is 36.9 Å². The maximum Gasteiger partial charge on any atom is 0.251 e. The highest BCUT2D eigenvalue weighted by Crippen LogP contribution is 2.10. The Morgan fingerprint density at radius 2 is 2.00 bits per heavy atom. The molecule has 7 heteroatoms. The van der Waals surface area contributed by atoms with Gasteiger partial charge in [0.1, 0.15) is 0 Å². The highest BCUT2D eigenvalue weighted by atomic mass is 35.5. The van der Waals surface area contributed by atoms with Crippen LogP contribution >= 0.6 is 12.4 Å². The van der Waals surface area contributed by atoms with E-state index in [4.69, 9.17) is 10.5 Å². The average molecular weight is 328 g/mol. The molecule has 0 aliphatic rings. The highest BCUT2D eigenvalue weighted by molar-refractivity contribution is 5.95. The smallest absolute Gasteiger partial charge is 0.251 e. The van der Waals surface area contributed by atoms with Crippen molar-refractivity contribution in [3.63, 3.8) is 0 Å². The molecule has 122 valence electrons. The molecule has 0 bridgehead atoms. The molecule has 1 unspecified atom stereocenters. The second-order valence-corrected chi connectivity index (χ2v) is 4.42. The normalized spacial score (nSPS) is 11.0. The summed E-state index contributed by atoms with van der Waals surface area (Å²) in [6.45, 7) is 4.22. The van der Waals surface area contributed by atoms with Crippen LogP contribution in [0.3, 0.4) is 0 Å². The summed E-state index contributed by atoms with van der Waals surface area (Å²) in [5.74, 6) is -0.369.